The SMILES string of the molecule is O=C(Nc1cnc2ccccc2c1)C1CNNC1c1ccc2c(c1)OCCO2. The molecule has 1 amide bonds. The van der Waals surface area contributed by atoms with Crippen molar-refractivity contribution < 1.29 is 14.3 Å². The van der Waals surface area contributed by atoms with Crippen LogP contribution in [0.3, 0.4) is 0 Å². The van der Waals surface area contributed by atoms with Gasteiger partial charge in [-0.25, -0.2) is 5.43 Å². The molecule has 2 aliphatic heterocycles. The molecule has 0 saturated carbocycles. The van der Waals surface area contributed by atoms with Gasteiger partial charge < -0.3 is 14.8 Å². The van der Waals surface area contributed by atoms with Crippen molar-refractivity contribution in [2.75, 3.05) is 25.1 Å². The molecule has 0 spiro atoms. The van der Waals surface area contributed by atoms with Gasteiger partial charge in [0.25, 0.3) is 0 Å². The minimum Gasteiger partial charge on any atom is -0.486 e. The first-order valence-electron chi connectivity index (χ1n) is 9.31. The maximum absolute atomic E-state index is 12.9. The lowest BCUT2D eigenvalue weighted by molar-refractivity contribution is -0.119. The number of nitrogens with zero attached hydrogens (tertiary/aromatic N) is 1. The van der Waals surface area contributed by atoms with E-state index in [0.717, 1.165) is 28.0 Å². The Balaban J connectivity index is 1.36. The summed E-state index contributed by atoms with van der Waals surface area (Å²) in [4.78, 5) is 17.4. The minimum absolute atomic E-state index is 0.0607. The number of benzene rings is 2. The average molecular weight is 376 g/mol. The Labute approximate surface area is 162 Å². The highest BCUT2D eigenvalue weighted by molar-refractivity contribution is 5.95. The smallest absolute Gasteiger partial charge is 0.230 e. The van der Waals surface area contributed by atoms with Crippen LogP contribution in [0.5, 0.6) is 11.5 Å². The van der Waals surface area contributed by atoms with E-state index in [9.17, 15) is 4.79 Å². The molecule has 1 fully saturated rings. The number of nitrogens with one attached hydrogen (secondary N) is 3. The van der Waals surface area contributed by atoms with Crippen molar-refractivity contribution in [3.05, 3.63) is 60.3 Å². The molecule has 2 aliphatic rings. The first kappa shape index (κ1) is 17.0. The molecule has 3 N–H and O–H groups in total. The number of amides is 1. The van der Waals surface area contributed by atoms with Crippen molar-refractivity contribution >= 4 is 22.5 Å². The Kier molecular flexibility index (Phi) is 4.31. The molecule has 7 heteroatoms. The van der Waals surface area contributed by atoms with Gasteiger partial charge >= 0.3 is 0 Å². The molecule has 0 radical (unpaired) electrons. The van der Waals surface area contributed by atoms with Gasteiger partial charge in [0.1, 0.15) is 13.2 Å². The molecular weight excluding hydrogens is 356 g/mol. The average Bonchev–Trinajstić information content (AvgIpc) is 3.23. The third-order valence-electron chi connectivity index (χ3n) is 5.10. The molecule has 7 nitrogen and oxygen atoms in total. The molecule has 1 saturated heterocycles. The number of carbonyl (C=O) groups is 1. The number of hydrogen-bond donors (Lipinski definition) is 3. The lowest BCUT2D eigenvalue weighted by Gasteiger charge is -2.22. The standard InChI is InChI=1S/C21H20N4O3/c26-21(24-15-9-13-3-1-2-4-17(13)22-11-15)16-12-23-25-20(16)14-5-6-18-19(10-14)28-8-7-27-18/h1-6,9-11,16,20,23,25H,7-8,12H2,(H,24,26). The van der Waals surface area contributed by atoms with Crippen LogP contribution in [-0.4, -0.2) is 30.6 Å². The largest absolute Gasteiger partial charge is 0.486 e. The topological polar surface area (TPSA) is 84.5 Å². The van der Waals surface area contributed by atoms with Crippen molar-refractivity contribution in [3.8, 4) is 11.5 Å². The van der Waals surface area contributed by atoms with Gasteiger partial charge in [-0.15, -0.1) is 0 Å². The van der Waals surface area contributed by atoms with Gasteiger partial charge in [-0.3, -0.25) is 15.2 Å². The second-order valence-corrected chi connectivity index (χ2v) is 6.92. The van der Waals surface area contributed by atoms with Crippen LogP contribution in [0.4, 0.5) is 5.69 Å². The molecule has 2 atom stereocenters. The van der Waals surface area contributed by atoms with Crippen LogP contribution >= 0.6 is 0 Å². The zero-order valence-electron chi connectivity index (χ0n) is 15.1. The summed E-state index contributed by atoms with van der Waals surface area (Å²) in [6.45, 7) is 1.62. The van der Waals surface area contributed by atoms with Gasteiger partial charge in [0, 0.05) is 11.9 Å². The lowest BCUT2D eigenvalue weighted by atomic mass is 9.93. The number of rotatable bonds is 3. The number of aromatic nitrogens is 1. The number of fused-ring (bicyclic) bond motifs is 2. The molecule has 2 aromatic carbocycles. The Bertz CT molecular complexity index is 1040. The second-order valence-electron chi connectivity index (χ2n) is 6.92. The molecule has 2 unspecified atom stereocenters. The van der Waals surface area contributed by atoms with E-state index in [1.165, 1.54) is 0 Å². The summed E-state index contributed by atoms with van der Waals surface area (Å²) in [7, 11) is 0. The summed E-state index contributed by atoms with van der Waals surface area (Å²) >= 11 is 0. The Morgan fingerprint density at radius 1 is 1.07 bits per heavy atom. The molecular formula is C21H20N4O3. The third kappa shape index (κ3) is 3.15. The molecule has 5 rings (SSSR count). The van der Waals surface area contributed by atoms with E-state index in [1.807, 2.05) is 48.5 Å². The quantitative estimate of drug-likeness (QED) is 0.651. The van der Waals surface area contributed by atoms with Gasteiger partial charge in [0.05, 0.1) is 29.4 Å². The van der Waals surface area contributed by atoms with E-state index in [-0.39, 0.29) is 17.9 Å². The highest BCUT2D eigenvalue weighted by atomic mass is 16.6. The minimum atomic E-state index is -0.269. The maximum atomic E-state index is 12.9. The fraction of sp³-hybridized carbons (Fsp3) is 0.238. The van der Waals surface area contributed by atoms with Crippen molar-refractivity contribution in [1.29, 1.82) is 0 Å². The van der Waals surface area contributed by atoms with Gasteiger partial charge in [0.15, 0.2) is 11.5 Å². The number of para-hydroxylation sites is 1. The molecule has 0 aliphatic carbocycles. The number of carbonyl (C=O) groups excluding carboxylic acids is 1. The number of ether oxygens (including phenoxy) is 2. The number of hydrazine groups is 1. The van der Waals surface area contributed by atoms with E-state index in [4.69, 9.17) is 9.47 Å². The van der Waals surface area contributed by atoms with Gasteiger partial charge in [0.2, 0.25) is 5.91 Å². The number of pyridine rings is 1. The van der Waals surface area contributed by atoms with Crippen molar-refractivity contribution in [2.24, 2.45) is 5.92 Å². The number of hydrogen-bond acceptors (Lipinski definition) is 6. The summed E-state index contributed by atoms with van der Waals surface area (Å²) < 4.78 is 11.3. The summed E-state index contributed by atoms with van der Waals surface area (Å²) in [5, 5.41) is 3.99. The Morgan fingerprint density at radius 2 is 1.93 bits per heavy atom. The first-order valence-corrected chi connectivity index (χ1v) is 9.31. The second kappa shape index (κ2) is 7.10. The van der Waals surface area contributed by atoms with E-state index in [1.54, 1.807) is 6.20 Å². The van der Waals surface area contributed by atoms with Crippen LogP contribution in [0, 0.1) is 5.92 Å². The van der Waals surface area contributed by atoms with Gasteiger partial charge in [-0.1, -0.05) is 24.3 Å². The lowest BCUT2D eigenvalue weighted by Crippen LogP contribution is -2.30. The fourth-order valence-electron chi connectivity index (χ4n) is 3.68. The van der Waals surface area contributed by atoms with Crippen LogP contribution in [0.2, 0.25) is 0 Å². The van der Waals surface area contributed by atoms with Crippen LogP contribution in [0.25, 0.3) is 10.9 Å². The Morgan fingerprint density at radius 3 is 2.86 bits per heavy atom. The highest BCUT2D eigenvalue weighted by Gasteiger charge is 2.34. The van der Waals surface area contributed by atoms with E-state index in [0.29, 0.717) is 25.4 Å². The van der Waals surface area contributed by atoms with E-state index < -0.39 is 0 Å². The molecule has 142 valence electrons. The summed E-state index contributed by atoms with van der Waals surface area (Å²) in [6.07, 6.45) is 1.69. The normalized spacial score (nSPS) is 20.9. The maximum Gasteiger partial charge on any atom is 0.230 e. The monoisotopic (exact) mass is 376 g/mol. The van der Waals surface area contributed by atoms with Gasteiger partial charge in [-0.2, -0.15) is 0 Å². The predicted molar refractivity (Wildman–Crippen MR) is 105 cm³/mol. The highest BCUT2D eigenvalue weighted by Crippen LogP contribution is 2.35. The number of anilines is 1. The van der Waals surface area contributed by atoms with Gasteiger partial charge in [-0.05, 0) is 29.8 Å². The predicted octanol–water partition coefficient (Wildman–Crippen LogP) is 2.41. The zero-order chi connectivity index (χ0) is 18.9. The molecule has 3 aromatic rings. The summed E-state index contributed by atoms with van der Waals surface area (Å²) in [5.41, 5.74) is 8.87. The first-order chi connectivity index (χ1) is 13.8. The fourth-order valence-corrected chi connectivity index (χ4v) is 3.68. The molecule has 1 aromatic heterocycles. The van der Waals surface area contributed by atoms with Crippen LogP contribution < -0.4 is 25.6 Å². The van der Waals surface area contributed by atoms with Crippen LogP contribution in [0.1, 0.15) is 11.6 Å². The van der Waals surface area contributed by atoms with Crippen molar-refractivity contribution in [2.45, 2.75) is 6.04 Å². The molecule has 0 bridgehead atoms. The van der Waals surface area contributed by atoms with Crippen LogP contribution in [0.15, 0.2) is 54.7 Å². The van der Waals surface area contributed by atoms with Crippen LogP contribution in [-0.2, 0) is 4.79 Å². The van der Waals surface area contributed by atoms with Crippen molar-refractivity contribution in [1.82, 2.24) is 15.8 Å². The molecule has 3 heterocycles. The Hall–Kier alpha value is -3.16. The van der Waals surface area contributed by atoms with E-state index >= 15 is 0 Å². The molecule has 28 heavy (non-hydrogen) atoms. The summed E-state index contributed by atoms with van der Waals surface area (Å²) in [6, 6.07) is 15.4. The van der Waals surface area contributed by atoms with E-state index in [2.05, 4.69) is 21.2 Å². The summed E-state index contributed by atoms with van der Waals surface area (Å²) in [5.74, 6) is 1.13. The van der Waals surface area contributed by atoms with Crippen molar-refractivity contribution in [3.63, 3.8) is 0 Å². The third-order valence-corrected chi connectivity index (χ3v) is 5.10. The zero-order valence-corrected chi connectivity index (χ0v) is 15.1.